The second-order valence-corrected chi connectivity index (χ2v) is 8.36. The predicted molar refractivity (Wildman–Crippen MR) is 83.9 cm³/mol. The van der Waals surface area contributed by atoms with E-state index >= 15 is 0 Å². The molecule has 0 saturated carbocycles. The van der Waals surface area contributed by atoms with Crippen LogP contribution in [0.5, 0.6) is 0 Å². The number of nitrogens with one attached hydrogen (secondary N) is 1. The number of rotatable bonds is 5. The Morgan fingerprint density at radius 1 is 1.26 bits per heavy atom. The van der Waals surface area contributed by atoms with E-state index < -0.39 is 10.0 Å². The van der Waals surface area contributed by atoms with E-state index in [0.717, 1.165) is 0 Å². The van der Waals surface area contributed by atoms with Crippen molar-refractivity contribution in [1.82, 2.24) is 4.72 Å². The Balaban J connectivity index is 3.08. The third-order valence-corrected chi connectivity index (χ3v) is 5.41. The van der Waals surface area contributed by atoms with Gasteiger partial charge >= 0.3 is 0 Å². The molecule has 8 heteroatoms. The van der Waals surface area contributed by atoms with Crippen molar-refractivity contribution in [2.24, 2.45) is 0 Å². The summed E-state index contributed by atoms with van der Waals surface area (Å²) >= 11 is 20.9. The summed E-state index contributed by atoms with van der Waals surface area (Å²) in [7, 11) is -3.78. The average molecular weight is 410 g/mol. The van der Waals surface area contributed by atoms with E-state index in [-0.39, 0.29) is 26.4 Å². The highest BCUT2D eigenvalue weighted by Crippen LogP contribution is 2.32. The summed E-state index contributed by atoms with van der Waals surface area (Å²) in [4.78, 5) is -0.117. The Morgan fingerprint density at radius 2 is 1.74 bits per heavy atom. The first kappa shape index (κ1) is 17.5. The van der Waals surface area contributed by atoms with E-state index in [1.165, 1.54) is 12.1 Å². The van der Waals surface area contributed by atoms with E-state index in [9.17, 15) is 8.42 Å². The molecule has 1 aromatic carbocycles. The molecule has 3 nitrogen and oxygen atoms in total. The van der Waals surface area contributed by atoms with Crippen LogP contribution in [0.4, 0.5) is 0 Å². The second-order valence-electron chi connectivity index (χ2n) is 4.24. The van der Waals surface area contributed by atoms with Gasteiger partial charge in [0.2, 0.25) is 10.0 Å². The minimum atomic E-state index is -3.78. The first-order chi connectivity index (χ1) is 8.63. The van der Waals surface area contributed by atoms with Gasteiger partial charge < -0.3 is 0 Å². The van der Waals surface area contributed by atoms with Gasteiger partial charge in [-0.15, -0.1) is 11.6 Å². The third-order valence-electron chi connectivity index (χ3n) is 2.27. The molecule has 108 valence electrons. The van der Waals surface area contributed by atoms with Crippen LogP contribution in [0.15, 0.2) is 21.5 Å². The molecule has 0 heterocycles. The fraction of sp³-hybridized carbons (Fsp3) is 0.455. The molecule has 19 heavy (non-hydrogen) atoms. The summed E-state index contributed by atoms with van der Waals surface area (Å²) in [5.74, 6) is 0. The van der Waals surface area contributed by atoms with E-state index in [0.29, 0.717) is 10.9 Å². The van der Waals surface area contributed by atoms with Gasteiger partial charge in [-0.05, 0) is 32.4 Å². The number of alkyl halides is 1. The Hall–Kier alpha value is 0.480. The molecule has 2 unspecified atom stereocenters. The standard InChI is InChI=1S/C11H13BrCl3NO2S/c1-6(13)3-7(2)16-19(17,18)11-9(14)4-8(12)5-10(11)15/h4-7,16H,3H2,1-2H3. The van der Waals surface area contributed by atoms with Crippen molar-refractivity contribution in [2.45, 2.75) is 36.6 Å². The van der Waals surface area contributed by atoms with Gasteiger partial charge in [0.15, 0.2) is 0 Å². The van der Waals surface area contributed by atoms with Gasteiger partial charge in [-0.1, -0.05) is 39.1 Å². The molecule has 0 aromatic heterocycles. The highest BCUT2D eigenvalue weighted by Gasteiger charge is 2.24. The molecule has 0 spiro atoms. The molecule has 1 N–H and O–H groups in total. The van der Waals surface area contributed by atoms with Gasteiger partial charge in [0.25, 0.3) is 0 Å². The first-order valence-electron chi connectivity index (χ1n) is 5.44. The molecule has 0 amide bonds. The summed E-state index contributed by atoms with van der Waals surface area (Å²) in [5, 5.41) is 0.00422. The molecule has 0 bridgehead atoms. The molecule has 0 aliphatic heterocycles. The normalized spacial score (nSPS) is 15.3. The van der Waals surface area contributed by atoms with Crippen molar-refractivity contribution >= 4 is 60.8 Å². The number of benzene rings is 1. The lowest BCUT2D eigenvalue weighted by Crippen LogP contribution is -2.34. The molecule has 1 rings (SSSR count). The van der Waals surface area contributed by atoms with Crippen molar-refractivity contribution in [3.8, 4) is 0 Å². The summed E-state index contributed by atoms with van der Waals surface area (Å²) in [5.41, 5.74) is 0. The number of hydrogen-bond acceptors (Lipinski definition) is 2. The van der Waals surface area contributed by atoms with Crippen LogP contribution in [0.1, 0.15) is 20.3 Å². The van der Waals surface area contributed by atoms with Crippen LogP contribution in [-0.2, 0) is 10.0 Å². The van der Waals surface area contributed by atoms with Gasteiger partial charge in [0.05, 0.1) is 10.0 Å². The van der Waals surface area contributed by atoms with E-state index in [2.05, 4.69) is 20.7 Å². The highest BCUT2D eigenvalue weighted by atomic mass is 79.9. The Labute approximate surface area is 136 Å². The third kappa shape index (κ3) is 5.06. The van der Waals surface area contributed by atoms with Crippen molar-refractivity contribution < 1.29 is 8.42 Å². The van der Waals surface area contributed by atoms with Crippen LogP contribution in [0.2, 0.25) is 10.0 Å². The van der Waals surface area contributed by atoms with Gasteiger partial charge in [-0.2, -0.15) is 0 Å². The molecular formula is C11H13BrCl3NO2S. The van der Waals surface area contributed by atoms with Crippen LogP contribution < -0.4 is 4.72 Å². The van der Waals surface area contributed by atoms with Gasteiger partial charge in [0.1, 0.15) is 4.90 Å². The molecule has 0 radical (unpaired) electrons. The summed E-state index contributed by atoms with van der Waals surface area (Å²) in [6.07, 6.45) is 0.506. The Bertz CT molecular complexity index is 540. The van der Waals surface area contributed by atoms with Crippen molar-refractivity contribution in [3.05, 3.63) is 26.7 Å². The van der Waals surface area contributed by atoms with Crippen LogP contribution in [0.3, 0.4) is 0 Å². The second kappa shape index (κ2) is 6.96. The van der Waals surface area contributed by atoms with Crippen molar-refractivity contribution in [3.63, 3.8) is 0 Å². The maximum absolute atomic E-state index is 12.2. The monoisotopic (exact) mass is 407 g/mol. The quantitative estimate of drug-likeness (QED) is 0.731. The van der Waals surface area contributed by atoms with Crippen molar-refractivity contribution in [2.75, 3.05) is 0 Å². The molecule has 0 fully saturated rings. The molecule has 0 saturated heterocycles. The van der Waals surface area contributed by atoms with E-state index in [1.54, 1.807) is 13.8 Å². The largest absolute Gasteiger partial charge is 0.243 e. The number of hydrogen-bond donors (Lipinski definition) is 1. The smallest absolute Gasteiger partial charge is 0.208 e. The van der Waals surface area contributed by atoms with Crippen molar-refractivity contribution in [1.29, 1.82) is 0 Å². The first-order valence-corrected chi connectivity index (χ1v) is 8.91. The number of halogens is 4. The topological polar surface area (TPSA) is 46.2 Å². The van der Waals surface area contributed by atoms with Crippen LogP contribution in [0, 0.1) is 0 Å². The van der Waals surface area contributed by atoms with E-state index in [4.69, 9.17) is 34.8 Å². The zero-order chi connectivity index (χ0) is 14.8. The average Bonchev–Trinajstić information content (AvgIpc) is 2.10. The highest BCUT2D eigenvalue weighted by molar-refractivity contribution is 9.10. The van der Waals surface area contributed by atoms with Crippen LogP contribution >= 0.6 is 50.7 Å². The number of sulfonamides is 1. The van der Waals surface area contributed by atoms with Crippen LogP contribution in [0.25, 0.3) is 0 Å². The molecular weight excluding hydrogens is 396 g/mol. The minimum Gasteiger partial charge on any atom is -0.208 e. The zero-order valence-corrected chi connectivity index (χ0v) is 14.9. The molecule has 0 aliphatic rings. The van der Waals surface area contributed by atoms with Gasteiger partial charge in [-0.3, -0.25) is 0 Å². The molecule has 2 atom stereocenters. The van der Waals surface area contributed by atoms with Crippen LogP contribution in [-0.4, -0.2) is 19.8 Å². The van der Waals surface area contributed by atoms with Gasteiger partial charge in [0, 0.05) is 15.9 Å². The van der Waals surface area contributed by atoms with Gasteiger partial charge in [-0.25, -0.2) is 13.1 Å². The van der Waals surface area contributed by atoms with E-state index in [1.807, 2.05) is 0 Å². The Kier molecular flexibility index (Phi) is 6.42. The summed E-state index contributed by atoms with van der Waals surface area (Å²) in [6, 6.07) is 2.65. The summed E-state index contributed by atoms with van der Waals surface area (Å²) < 4.78 is 27.6. The zero-order valence-electron chi connectivity index (χ0n) is 10.3. The summed E-state index contributed by atoms with van der Waals surface area (Å²) in [6.45, 7) is 3.53. The fourth-order valence-electron chi connectivity index (χ4n) is 1.64. The fourth-order valence-corrected chi connectivity index (χ4v) is 5.11. The Morgan fingerprint density at radius 3 is 2.16 bits per heavy atom. The molecule has 1 aromatic rings. The SMILES string of the molecule is CC(Cl)CC(C)NS(=O)(=O)c1c(Cl)cc(Br)cc1Cl. The lowest BCUT2D eigenvalue weighted by atomic mass is 10.2. The lowest BCUT2D eigenvalue weighted by Gasteiger charge is -2.16. The molecule has 0 aliphatic carbocycles. The predicted octanol–water partition coefficient (Wildman–Crippen LogP) is 4.44. The maximum atomic E-state index is 12.2. The minimum absolute atomic E-state index is 0.0676. The maximum Gasteiger partial charge on any atom is 0.243 e. The lowest BCUT2D eigenvalue weighted by molar-refractivity contribution is 0.545.